The van der Waals surface area contributed by atoms with Gasteiger partial charge in [-0.05, 0) is 6.90 Å². The summed E-state index contributed by atoms with van der Waals surface area (Å²) in [5.41, 5.74) is 11.4. The normalized spacial score (nSPS) is 29.5. The maximum Gasteiger partial charge on any atom is 0.223 e. The third kappa shape index (κ3) is 3.00. The number of primary amides is 1. The number of aromatic nitrogens is 2. The highest BCUT2D eigenvalue weighted by Gasteiger charge is 2.45. The van der Waals surface area contributed by atoms with Gasteiger partial charge in [0.1, 0.15) is 24.1 Å². The van der Waals surface area contributed by atoms with Crippen LogP contribution in [0.15, 0.2) is 6.33 Å². The van der Waals surface area contributed by atoms with E-state index in [0.29, 0.717) is 5.69 Å². The Bertz CT molecular complexity index is 526. The van der Waals surface area contributed by atoms with Gasteiger partial charge in [0, 0.05) is 7.98 Å². The fourth-order valence-electron chi connectivity index (χ4n) is 2.32. The Labute approximate surface area is 122 Å². The summed E-state index contributed by atoms with van der Waals surface area (Å²) < 4.78 is 19.5. The number of nitrogen functional groups attached to an aromatic ring is 1. The second-order valence-corrected chi connectivity index (χ2v) is 4.70. The number of aliphatic hydroxyl groups is 2. The Kier molecular flexibility index (Phi) is 4.34. The Morgan fingerprint density at radius 3 is 3.10 bits per heavy atom. The molecule has 0 radical (unpaired) electrons. The van der Waals surface area contributed by atoms with E-state index >= 15 is 0 Å². The number of carbonyl (C=O) groups excluding carboxylic acids is 1. The minimum Gasteiger partial charge on any atom is -0.394 e. The summed E-state index contributed by atoms with van der Waals surface area (Å²) in [7, 11) is 0. The van der Waals surface area contributed by atoms with Crippen molar-refractivity contribution >= 4 is 11.7 Å². The number of rotatable bonds is 6. The van der Waals surface area contributed by atoms with Crippen LogP contribution in [-0.2, 0) is 20.7 Å². The SMILES string of the molecule is [2H]CCO[C@H]1C(n2cnc(CC(N)=O)c2N)O[C@H](CO)[C@H]1O. The summed E-state index contributed by atoms with van der Waals surface area (Å²) in [5, 5.41) is 19.4. The minimum atomic E-state index is -1.07. The van der Waals surface area contributed by atoms with E-state index in [0.717, 1.165) is 0 Å². The van der Waals surface area contributed by atoms with Crippen molar-refractivity contribution in [1.29, 1.82) is 0 Å². The molecular weight excluding hydrogens is 280 g/mol. The van der Waals surface area contributed by atoms with E-state index in [1.807, 2.05) is 0 Å². The van der Waals surface area contributed by atoms with Gasteiger partial charge in [-0.3, -0.25) is 9.36 Å². The number of carbonyl (C=O) groups is 1. The monoisotopic (exact) mass is 301 g/mol. The molecule has 9 nitrogen and oxygen atoms in total. The molecule has 21 heavy (non-hydrogen) atoms. The molecule has 2 rings (SSSR count). The molecule has 9 heteroatoms. The smallest absolute Gasteiger partial charge is 0.223 e. The number of amides is 1. The molecule has 1 aromatic rings. The van der Waals surface area contributed by atoms with Crippen molar-refractivity contribution in [2.75, 3.05) is 18.9 Å². The lowest BCUT2D eigenvalue weighted by atomic mass is 10.1. The van der Waals surface area contributed by atoms with Gasteiger partial charge in [0.2, 0.25) is 5.91 Å². The Morgan fingerprint density at radius 1 is 1.71 bits per heavy atom. The van der Waals surface area contributed by atoms with Gasteiger partial charge in [-0.2, -0.15) is 0 Å². The van der Waals surface area contributed by atoms with E-state index in [1.54, 1.807) is 0 Å². The summed E-state index contributed by atoms with van der Waals surface area (Å²) >= 11 is 0. The lowest BCUT2D eigenvalue weighted by Crippen LogP contribution is -2.35. The molecule has 1 aliphatic rings. The predicted molar refractivity (Wildman–Crippen MR) is 72.0 cm³/mol. The van der Waals surface area contributed by atoms with Gasteiger partial charge < -0.3 is 31.2 Å². The summed E-state index contributed by atoms with van der Waals surface area (Å²) in [6.45, 7) is -0.268. The Balaban J connectivity index is 2.24. The van der Waals surface area contributed by atoms with Crippen LogP contribution in [0.25, 0.3) is 0 Å². The zero-order valence-corrected chi connectivity index (χ0v) is 11.4. The molecule has 0 bridgehead atoms. The average molecular weight is 301 g/mol. The van der Waals surface area contributed by atoms with E-state index in [4.69, 9.17) is 22.3 Å². The molecule has 1 saturated heterocycles. The molecule has 6 N–H and O–H groups in total. The van der Waals surface area contributed by atoms with Gasteiger partial charge >= 0.3 is 0 Å². The number of nitrogens with two attached hydrogens (primary N) is 2. The summed E-state index contributed by atoms with van der Waals surface area (Å²) in [4.78, 5) is 15.0. The van der Waals surface area contributed by atoms with E-state index in [2.05, 4.69) is 4.98 Å². The van der Waals surface area contributed by atoms with E-state index in [-0.39, 0.29) is 32.4 Å². The van der Waals surface area contributed by atoms with Crippen LogP contribution in [0, 0.1) is 0 Å². The second kappa shape index (κ2) is 6.39. The fourth-order valence-corrected chi connectivity index (χ4v) is 2.32. The zero-order chi connectivity index (χ0) is 16.3. The van der Waals surface area contributed by atoms with Gasteiger partial charge in [0.25, 0.3) is 0 Å². The fraction of sp³-hybridized carbons (Fsp3) is 0.667. The molecule has 1 aliphatic heterocycles. The summed E-state index contributed by atoms with van der Waals surface area (Å²) in [5.74, 6) is -0.395. The van der Waals surface area contributed by atoms with Gasteiger partial charge in [-0.25, -0.2) is 4.98 Å². The Morgan fingerprint density at radius 2 is 2.48 bits per heavy atom. The first-order valence-electron chi connectivity index (χ1n) is 7.15. The van der Waals surface area contributed by atoms with Crippen LogP contribution >= 0.6 is 0 Å². The van der Waals surface area contributed by atoms with E-state index in [1.165, 1.54) is 10.9 Å². The molecule has 1 aromatic heterocycles. The first-order valence-corrected chi connectivity index (χ1v) is 6.44. The van der Waals surface area contributed by atoms with E-state index in [9.17, 15) is 15.0 Å². The van der Waals surface area contributed by atoms with Crippen LogP contribution in [-0.4, -0.2) is 57.2 Å². The third-order valence-corrected chi connectivity index (χ3v) is 3.33. The van der Waals surface area contributed by atoms with Crippen LogP contribution in [0.3, 0.4) is 0 Å². The third-order valence-electron chi connectivity index (χ3n) is 3.33. The van der Waals surface area contributed by atoms with Crippen molar-refractivity contribution in [2.24, 2.45) is 5.73 Å². The van der Waals surface area contributed by atoms with Crippen molar-refractivity contribution in [3.63, 3.8) is 0 Å². The van der Waals surface area contributed by atoms with Crippen LogP contribution in [0.2, 0.25) is 0 Å². The van der Waals surface area contributed by atoms with Crippen LogP contribution < -0.4 is 11.5 Å². The number of aliphatic hydroxyl groups excluding tert-OH is 2. The number of nitrogens with zero attached hydrogens (tertiary/aromatic N) is 2. The van der Waals surface area contributed by atoms with Crippen molar-refractivity contribution in [3.05, 3.63) is 12.0 Å². The molecule has 1 unspecified atom stereocenters. The van der Waals surface area contributed by atoms with Gasteiger partial charge in [0.15, 0.2) is 6.23 Å². The van der Waals surface area contributed by atoms with E-state index < -0.39 is 30.4 Å². The molecule has 118 valence electrons. The molecule has 0 saturated carbocycles. The van der Waals surface area contributed by atoms with Crippen molar-refractivity contribution < 1.29 is 25.9 Å². The highest BCUT2D eigenvalue weighted by atomic mass is 16.6. The average Bonchev–Trinajstić information content (AvgIpc) is 2.97. The quantitative estimate of drug-likeness (QED) is 0.482. The number of hydrogen-bond donors (Lipinski definition) is 4. The van der Waals surface area contributed by atoms with Crippen LogP contribution in [0.4, 0.5) is 5.82 Å². The molecule has 4 atom stereocenters. The molecule has 1 fully saturated rings. The number of anilines is 1. The Hall–Kier alpha value is -1.68. The van der Waals surface area contributed by atoms with Gasteiger partial charge in [-0.15, -0.1) is 0 Å². The number of imidazole rings is 1. The lowest BCUT2D eigenvalue weighted by molar-refractivity contribution is -0.117. The lowest BCUT2D eigenvalue weighted by Gasteiger charge is -2.22. The summed E-state index contributed by atoms with van der Waals surface area (Å²) in [6.07, 6.45) is -2.27. The van der Waals surface area contributed by atoms with Crippen molar-refractivity contribution in [2.45, 2.75) is 37.9 Å². The van der Waals surface area contributed by atoms with Gasteiger partial charge in [0.05, 0.1) is 25.0 Å². The maximum absolute atomic E-state index is 11.0. The van der Waals surface area contributed by atoms with Gasteiger partial charge in [-0.1, -0.05) is 0 Å². The van der Waals surface area contributed by atoms with Crippen LogP contribution in [0.5, 0.6) is 0 Å². The van der Waals surface area contributed by atoms with Crippen LogP contribution in [0.1, 0.15) is 20.2 Å². The maximum atomic E-state index is 11.0. The molecule has 2 heterocycles. The highest BCUT2D eigenvalue weighted by Crippen LogP contribution is 2.33. The predicted octanol–water partition coefficient (Wildman–Crippen LogP) is -1.85. The number of hydrogen-bond acceptors (Lipinski definition) is 7. The molecule has 0 aromatic carbocycles. The number of ether oxygens (including phenoxy) is 2. The zero-order valence-electron chi connectivity index (χ0n) is 12.4. The first-order chi connectivity index (χ1) is 10.5. The minimum absolute atomic E-state index is 0.0199. The molecule has 1 amide bonds. The first kappa shape index (κ1) is 14.3. The second-order valence-electron chi connectivity index (χ2n) is 4.70. The molecule has 0 aliphatic carbocycles. The standard InChI is InChI=1S/C12H20N4O5/c1-2-20-10-9(19)7(4-17)21-12(10)16-5-15-6(11(16)14)3-8(13)18/h5,7,9-10,12,17,19H,2-4,14H2,1H3,(H2,13,18)/t7-,9-,10-,12?/m1/s1/i1D. The topological polar surface area (TPSA) is 146 Å². The molecule has 0 spiro atoms. The highest BCUT2D eigenvalue weighted by molar-refractivity contribution is 5.77. The molecular formula is C12H20N4O5. The largest absolute Gasteiger partial charge is 0.394 e. The van der Waals surface area contributed by atoms with Crippen molar-refractivity contribution in [1.82, 2.24) is 9.55 Å². The summed E-state index contributed by atoms with van der Waals surface area (Å²) in [6, 6.07) is 0. The van der Waals surface area contributed by atoms with Crippen molar-refractivity contribution in [3.8, 4) is 0 Å².